The van der Waals surface area contributed by atoms with Gasteiger partial charge < -0.3 is 5.32 Å². The van der Waals surface area contributed by atoms with Crippen LogP contribution in [0, 0.1) is 5.82 Å². The summed E-state index contributed by atoms with van der Waals surface area (Å²) in [5.74, 6) is -0.220. The first-order chi connectivity index (χ1) is 9.42. The normalized spacial score (nSPS) is 11.2. The highest BCUT2D eigenvalue weighted by Gasteiger charge is 2.16. The van der Waals surface area contributed by atoms with Gasteiger partial charge in [-0.3, -0.25) is 4.72 Å². The molecule has 0 saturated heterocycles. The fraction of sp³-hybridized carbons (Fsp3) is 0.0833. The van der Waals surface area contributed by atoms with E-state index in [1.807, 2.05) is 0 Å². The lowest BCUT2D eigenvalue weighted by Gasteiger charge is -2.09. The van der Waals surface area contributed by atoms with E-state index < -0.39 is 15.8 Å². The van der Waals surface area contributed by atoms with E-state index in [0.717, 1.165) is 6.07 Å². The fourth-order valence-electron chi connectivity index (χ4n) is 1.46. The van der Waals surface area contributed by atoms with Crippen LogP contribution in [0.25, 0.3) is 0 Å². The lowest BCUT2D eigenvalue weighted by atomic mass is 10.3. The third kappa shape index (κ3) is 3.17. The first kappa shape index (κ1) is 14.5. The standard InChI is InChI=1S/C12H11ClFN3O2S/c1-15-12-5-3-9(7-16-12)20(18,19)17-11-4-2-8(13)6-10(11)14/h2-7,17H,1H3,(H,15,16). The molecule has 0 spiro atoms. The Morgan fingerprint density at radius 2 is 2.00 bits per heavy atom. The van der Waals surface area contributed by atoms with Crippen molar-refractivity contribution in [3.8, 4) is 0 Å². The highest BCUT2D eigenvalue weighted by atomic mass is 35.5. The SMILES string of the molecule is CNc1ccc(S(=O)(=O)Nc2ccc(Cl)cc2F)cn1. The van der Waals surface area contributed by atoms with Crippen molar-refractivity contribution in [1.29, 1.82) is 0 Å². The van der Waals surface area contributed by atoms with E-state index in [0.29, 0.717) is 5.82 Å². The topological polar surface area (TPSA) is 71.1 Å². The predicted molar refractivity (Wildman–Crippen MR) is 76.0 cm³/mol. The van der Waals surface area contributed by atoms with Crippen LogP contribution >= 0.6 is 11.6 Å². The molecule has 0 aliphatic heterocycles. The van der Waals surface area contributed by atoms with Crippen LogP contribution in [-0.2, 0) is 10.0 Å². The lowest BCUT2D eigenvalue weighted by molar-refractivity contribution is 0.598. The summed E-state index contributed by atoms with van der Waals surface area (Å²) in [5, 5.41) is 2.96. The zero-order valence-electron chi connectivity index (χ0n) is 10.4. The van der Waals surface area contributed by atoms with Crippen LogP contribution < -0.4 is 10.0 Å². The molecule has 0 aliphatic carbocycles. The summed E-state index contributed by atoms with van der Waals surface area (Å²) in [5.41, 5.74) is -0.174. The van der Waals surface area contributed by atoms with Crippen LogP contribution in [0.2, 0.25) is 5.02 Å². The maximum absolute atomic E-state index is 13.6. The second kappa shape index (κ2) is 5.64. The van der Waals surface area contributed by atoms with E-state index in [4.69, 9.17) is 11.6 Å². The first-order valence-electron chi connectivity index (χ1n) is 5.54. The molecule has 2 rings (SSSR count). The number of nitrogens with one attached hydrogen (secondary N) is 2. The van der Waals surface area contributed by atoms with E-state index in [9.17, 15) is 12.8 Å². The molecule has 0 unspecified atom stereocenters. The first-order valence-corrected chi connectivity index (χ1v) is 7.40. The van der Waals surface area contributed by atoms with E-state index in [-0.39, 0.29) is 15.6 Å². The van der Waals surface area contributed by atoms with Crippen molar-refractivity contribution in [1.82, 2.24) is 4.98 Å². The quantitative estimate of drug-likeness (QED) is 0.910. The van der Waals surface area contributed by atoms with E-state index in [2.05, 4.69) is 15.0 Å². The molecule has 106 valence electrons. The zero-order valence-corrected chi connectivity index (χ0v) is 12.0. The van der Waals surface area contributed by atoms with Crippen molar-refractivity contribution in [2.24, 2.45) is 0 Å². The molecular formula is C12H11ClFN3O2S. The Kier molecular flexibility index (Phi) is 4.10. The lowest BCUT2D eigenvalue weighted by Crippen LogP contribution is -2.14. The largest absolute Gasteiger partial charge is 0.373 e. The van der Waals surface area contributed by atoms with Crippen LogP contribution in [0.3, 0.4) is 0 Å². The summed E-state index contributed by atoms with van der Waals surface area (Å²) < 4.78 is 39.9. The minimum atomic E-state index is -3.90. The maximum Gasteiger partial charge on any atom is 0.263 e. The second-order valence-electron chi connectivity index (χ2n) is 3.86. The van der Waals surface area contributed by atoms with Gasteiger partial charge >= 0.3 is 0 Å². The van der Waals surface area contributed by atoms with Gasteiger partial charge in [-0.05, 0) is 30.3 Å². The van der Waals surface area contributed by atoms with Gasteiger partial charge in [-0.2, -0.15) is 0 Å². The van der Waals surface area contributed by atoms with Gasteiger partial charge in [0.25, 0.3) is 10.0 Å². The molecular weight excluding hydrogens is 305 g/mol. The van der Waals surface area contributed by atoms with E-state index in [1.54, 1.807) is 7.05 Å². The molecule has 1 heterocycles. The molecule has 0 saturated carbocycles. The molecule has 5 nitrogen and oxygen atoms in total. The fourth-order valence-corrected chi connectivity index (χ4v) is 2.63. The molecule has 0 radical (unpaired) electrons. The number of rotatable bonds is 4. The van der Waals surface area contributed by atoms with Gasteiger partial charge in [0.05, 0.1) is 5.69 Å². The van der Waals surface area contributed by atoms with Gasteiger partial charge in [-0.15, -0.1) is 0 Å². The Bertz CT molecular complexity index is 720. The van der Waals surface area contributed by atoms with Crippen molar-refractivity contribution in [3.63, 3.8) is 0 Å². The van der Waals surface area contributed by atoms with Gasteiger partial charge in [0.2, 0.25) is 0 Å². The van der Waals surface area contributed by atoms with E-state index >= 15 is 0 Å². The molecule has 0 atom stereocenters. The number of sulfonamides is 1. The highest BCUT2D eigenvalue weighted by molar-refractivity contribution is 7.92. The Morgan fingerprint density at radius 3 is 2.55 bits per heavy atom. The van der Waals surface area contributed by atoms with Crippen molar-refractivity contribution in [3.05, 3.63) is 47.4 Å². The van der Waals surface area contributed by atoms with Crippen molar-refractivity contribution in [2.45, 2.75) is 4.90 Å². The van der Waals surface area contributed by atoms with Crippen LogP contribution in [0.1, 0.15) is 0 Å². The zero-order chi connectivity index (χ0) is 14.8. The second-order valence-corrected chi connectivity index (χ2v) is 5.98. The molecule has 0 fully saturated rings. The van der Waals surface area contributed by atoms with Crippen LogP contribution in [0.5, 0.6) is 0 Å². The average Bonchev–Trinajstić information content (AvgIpc) is 2.42. The van der Waals surface area contributed by atoms with Gasteiger partial charge in [-0.1, -0.05) is 11.6 Å². The van der Waals surface area contributed by atoms with Crippen molar-refractivity contribution < 1.29 is 12.8 Å². The van der Waals surface area contributed by atoms with Gasteiger partial charge in [0.15, 0.2) is 0 Å². The molecule has 0 aliphatic rings. The molecule has 2 aromatic rings. The van der Waals surface area contributed by atoms with Gasteiger partial charge in [-0.25, -0.2) is 17.8 Å². The monoisotopic (exact) mass is 315 g/mol. The number of aromatic nitrogens is 1. The molecule has 0 amide bonds. The number of hydrogen-bond donors (Lipinski definition) is 2. The van der Waals surface area contributed by atoms with Crippen molar-refractivity contribution >= 4 is 33.1 Å². The Hall–Kier alpha value is -1.86. The highest BCUT2D eigenvalue weighted by Crippen LogP contribution is 2.22. The number of pyridine rings is 1. The van der Waals surface area contributed by atoms with Crippen LogP contribution in [-0.4, -0.2) is 20.4 Å². The molecule has 8 heteroatoms. The Morgan fingerprint density at radius 1 is 1.25 bits per heavy atom. The molecule has 0 bridgehead atoms. The number of nitrogens with zero attached hydrogens (tertiary/aromatic N) is 1. The molecule has 2 N–H and O–H groups in total. The molecule has 20 heavy (non-hydrogen) atoms. The number of halogens is 2. The van der Waals surface area contributed by atoms with Crippen molar-refractivity contribution in [2.75, 3.05) is 17.1 Å². The molecule has 1 aromatic carbocycles. The Balaban J connectivity index is 2.30. The third-order valence-electron chi connectivity index (χ3n) is 2.48. The smallest absolute Gasteiger partial charge is 0.263 e. The Labute approximate surface area is 120 Å². The summed E-state index contributed by atoms with van der Waals surface area (Å²) in [4.78, 5) is 3.83. The summed E-state index contributed by atoms with van der Waals surface area (Å²) in [6.45, 7) is 0. The summed E-state index contributed by atoms with van der Waals surface area (Å²) in [6.07, 6.45) is 1.18. The summed E-state index contributed by atoms with van der Waals surface area (Å²) >= 11 is 5.60. The van der Waals surface area contributed by atoms with Gasteiger partial charge in [0.1, 0.15) is 16.5 Å². The van der Waals surface area contributed by atoms with E-state index in [1.165, 1.54) is 30.5 Å². The van der Waals surface area contributed by atoms with Crippen LogP contribution in [0.15, 0.2) is 41.4 Å². The number of benzene rings is 1. The van der Waals surface area contributed by atoms with Gasteiger partial charge in [0, 0.05) is 18.3 Å². The average molecular weight is 316 g/mol. The maximum atomic E-state index is 13.6. The predicted octanol–water partition coefficient (Wildman–Crippen LogP) is 2.72. The van der Waals surface area contributed by atoms with Crippen LogP contribution in [0.4, 0.5) is 15.9 Å². The number of anilines is 2. The third-order valence-corrected chi connectivity index (χ3v) is 4.06. The summed E-state index contributed by atoms with van der Waals surface area (Å²) in [6, 6.07) is 6.55. The number of hydrogen-bond acceptors (Lipinski definition) is 4. The summed E-state index contributed by atoms with van der Waals surface area (Å²) in [7, 11) is -2.23. The minimum absolute atomic E-state index is 0.0640. The minimum Gasteiger partial charge on any atom is -0.373 e. The molecule has 1 aromatic heterocycles.